The minimum Gasteiger partial charge on any atom is -0.296 e. The summed E-state index contributed by atoms with van der Waals surface area (Å²) in [7, 11) is -1.04. The summed E-state index contributed by atoms with van der Waals surface area (Å²) < 4.78 is 11.2. The molecule has 5 nitrogen and oxygen atoms in total. The van der Waals surface area contributed by atoms with Crippen LogP contribution in [-0.4, -0.2) is 26.6 Å². The second-order valence-electron chi connectivity index (χ2n) is 3.79. The molecule has 1 amide bonds. The predicted octanol–water partition coefficient (Wildman–Crippen LogP) is 2.09. The highest BCUT2D eigenvalue weighted by molar-refractivity contribution is 7.84. The van der Waals surface area contributed by atoms with Crippen LogP contribution in [0.15, 0.2) is 29.2 Å². The van der Waals surface area contributed by atoms with Crippen LogP contribution >= 0.6 is 11.3 Å². The third kappa shape index (κ3) is 3.45. The average molecular weight is 295 g/mol. The van der Waals surface area contributed by atoms with E-state index in [-0.39, 0.29) is 5.91 Å². The molecule has 0 aliphatic heterocycles. The van der Waals surface area contributed by atoms with Gasteiger partial charge in [0.2, 0.25) is 5.13 Å². The van der Waals surface area contributed by atoms with Crippen LogP contribution in [0.3, 0.4) is 0 Å². The van der Waals surface area contributed by atoms with Crippen LogP contribution in [0, 0.1) is 0 Å². The number of nitrogens with zero attached hydrogens (tertiary/aromatic N) is 2. The minimum absolute atomic E-state index is 0.243. The van der Waals surface area contributed by atoms with Crippen LogP contribution in [0.2, 0.25) is 0 Å². The second kappa shape index (κ2) is 6.03. The van der Waals surface area contributed by atoms with E-state index >= 15 is 0 Å². The van der Waals surface area contributed by atoms with E-state index in [0.717, 1.165) is 11.4 Å². The van der Waals surface area contributed by atoms with Gasteiger partial charge in [0, 0.05) is 27.5 Å². The molecule has 0 aliphatic rings. The lowest BCUT2D eigenvalue weighted by Crippen LogP contribution is -2.11. The van der Waals surface area contributed by atoms with Gasteiger partial charge in [-0.2, -0.15) is 0 Å². The molecule has 0 fully saturated rings. The fourth-order valence-corrected chi connectivity index (χ4v) is 2.61. The molecular weight excluding hydrogens is 282 g/mol. The third-order valence-corrected chi connectivity index (χ3v) is 4.36. The first-order valence-corrected chi connectivity index (χ1v) is 8.05. The summed E-state index contributed by atoms with van der Waals surface area (Å²) in [6.45, 7) is 1.98. The van der Waals surface area contributed by atoms with Crippen molar-refractivity contribution in [1.29, 1.82) is 0 Å². The average Bonchev–Trinajstić information content (AvgIpc) is 2.86. The summed E-state index contributed by atoms with van der Waals surface area (Å²) >= 11 is 1.36. The largest absolute Gasteiger partial charge is 0.296 e. The highest BCUT2D eigenvalue weighted by Gasteiger charge is 2.10. The van der Waals surface area contributed by atoms with Crippen LogP contribution in [0.25, 0.3) is 0 Å². The maximum Gasteiger partial charge on any atom is 0.257 e. The molecule has 7 heteroatoms. The van der Waals surface area contributed by atoms with E-state index in [1.165, 1.54) is 11.3 Å². The van der Waals surface area contributed by atoms with Crippen molar-refractivity contribution in [3.05, 3.63) is 34.8 Å². The van der Waals surface area contributed by atoms with Gasteiger partial charge >= 0.3 is 0 Å². The molecule has 1 atom stereocenters. The van der Waals surface area contributed by atoms with Gasteiger partial charge in [-0.05, 0) is 30.7 Å². The quantitative estimate of drug-likeness (QED) is 0.937. The van der Waals surface area contributed by atoms with Gasteiger partial charge in [-0.15, -0.1) is 10.2 Å². The Morgan fingerprint density at radius 2 is 2.00 bits per heavy atom. The zero-order valence-electron chi connectivity index (χ0n) is 10.5. The lowest BCUT2D eigenvalue weighted by molar-refractivity contribution is 0.102. The molecule has 0 aliphatic carbocycles. The molecule has 2 aromatic rings. The molecule has 1 unspecified atom stereocenters. The van der Waals surface area contributed by atoms with Crippen molar-refractivity contribution in [3.63, 3.8) is 0 Å². The van der Waals surface area contributed by atoms with Crippen molar-refractivity contribution in [1.82, 2.24) is 10.2 Å². The third-order valence-electron chi connectivity index (χ3n) is 2.44. The molecular formula is C12H13N3O2S2. The van der Waals surface area contributed by atoms with Crippen molar-refractivity contribution >= 4 is 33.2 Å². The highest BCUT2D eigenvalue weighted by Crippen LogP contribution is 2.17. The van der Waals surface area contributed by atoms with Crippen LogP contribution in [0.5, 0.6) is 0 Å². The number of anilines is 1. The van der Waals surface area contributed by atoms with Gasteiger partial charge in [-0.1, -0.05) is 18.3 Å². The van der Waals surface area contributed by atoms with Gasteiger partial charge in [-0.25, -0.2) is 0 Å². The van der Waals surface area contributed by atoms with E-state index in [9.17, 15) is 9.00 Å². The molecule has 1 heterocycles. The number of carbonyl (C=O) groups is 1. The predicted molar refractivity (Wildman–Crippen MR) is 76.0 cm³/mol. The Morgan fingerprint density at radius 1 is 1.32 bits per heavy atom. The normalized spacial score (nSPS) is 12.1. The molecule has 19 heavy (non-hydrogen) atoms. The smallest absolute Gasteiger partial charge is 0.257 e. The van der Waals surface area contributed by atoms with Crippen molar-refractivity contribution in [2.24, 2.45) is 0 Å². The Morgan fingerprint density at radius 3 is 2.53 bits per heavy atom. The van der Waals surface area contributed by atoms with E-state index in [1.807, 2.05) is 6.92 Å². The van der Waals surface area contributed by atoms with Gasteiger partial charge < -0.3 is 0 Å². The van der Waals surface area contributed by atoms with Crippen LogP contribution in [0.1, 0.15) is 22.3 Å². The zero-order valence-corrected chi connectivity index (χ0v) is 12.2. The summed E-state index contributed by atoms with van der Waals surface area (Å²) in [5.74, 6) is -0.243. The van der Waals surface area contributed by atoms with E-state index < -0.39 is 10.8 Å². The lowest BCUT2D eigenvalue weighted by atomic mass is 10.2. The van der Waals surface area contributed by atoms with Crippen molar-refractivity contribution in [2.75, 3.05) is 11.6 Å². The van der Waals surface area contributed by atoms with Crippen LogP contribution < -0.4 is 5.32 Å². The van der Waals surface area contributed by atoms with Gasteiger partial charge in [0.05, 0.1) is 0 Å². The summed E-state index contributed by atoms with van der Waals surface area (Å²) in [4.78, 5) is 12.6. The number of rotatable bonds is 4. The fourth-order valence-electron chi connectivity index (χ4n) is 1.41. The topological polar surface area (TPSA) is 72.0 Å². The second-order valence-corrected chi connectivity index (χ2v) is 6.23. The molecule has 0 radical (unpaired) electrons. The van der Waals surface area contributed by atoms with E-state index in [1.54, 1.807) is 30.5 Å². The number of amides is 1. The number of hydrogen-bond acceptors (Lipinski definition) is 5. The number of carbonyl (C=O) groups excluding carboxylic acids is 1. The monoisotopic (exact) mass is 295 g/mol. The first-order valence-electron chi connectivity index (χ1n) is 5.67. The SMILES string of the molecule is CCc1nnc(NC(=O)c2ccc(S(C)=O)cc2)s1. The maximum absolute atomic E-state index is 11.9. The fraction of sp³-hybridized carbons (Fsp3) is 0.250. The van der Waals surface area contributed by atoms with E-state index in [4.69, 9.17) is 0 Å². The molecule has 1 aromatic carbocycles. The molecule has 0 bridgehead atoms. The number of aryl methyl sites for hydroxylation is 1. The first-order chi connectivity index (χ1) is 9.10. The molecule has 2 rings (SSSR count). The van der Waals surface area contributed by atoms with Gasteiger partial charge in [0.15, 0.2) is 0 Å². The lowest BCUT2D eigenvalue weighted by Gasteiger charge is -2.02. The Labute approximate surface area is 117 Å². The summed E-state index contributed by atoms with van der Waals surface area (Å²) in [6, 6.07) is 6.66. The number of aromatic nitrogens is 2. The van der Waals surface area contributed by atoms with Gasteiger partial charge in [0.25, 0.3) is 5.91 Å². The van der Waals surface area contributed by atoms with Gasteiger partial charge in [-0.3, -0.25) is 14.3 Å². The molecule has 0 saturated carbocycles. The molecule has 0 spiro atoms. The number of benzene rings is 1. The zero-order chi connectivity index (χ0) is 13.8. The van der Waals surface area contributed by atoms with Crippen molar-refractivity contribution in [2.45, 2.75) is 18.2 Å². The highest BCUT2D eigenvalue weighted by atomic mass is 32.2. The summed E-state index contributed by atoms with van der Waals surface area (Å²) in [5, 5.41) is 11.9. The van der Waals surface area contributed by atoms with Crippen molar-refractivity contribution < 1.29 is 9.00 Å². The first kappa shape index (κ1) is 13.8. The standard InChI is InChI=1S/C12H13N3O2S2/c1-3-10-14-15-12(18-10)13-11(16)8-4-6-9(7-5-8)19(2)17/h4-7H,3H2,1-2H3,(H,13,15,16). The molecule has 1 aromatic heterocycles. The van der Waals surface area contributed by atoms with Crippen LogP contribution in [-0.2, 0) is 17.2 Å². The van der Waals surface area contributed by atoms with Crippen molar-refractivity contribution in [3.8, 4) is 0 Å². The van der Waals surface area contributed by atoms with E-state index in [2.05, 4.69) is 15.5 Å². The Balaban J connectivity index is 2.09. The maximum atomic E-state index is 11.9. The molecule has 100 valence electrons. The minimum atomic E-state index is -1.04. The number of nitrogens with one attached hydrogen (secondary N) is 1. The summed E-state index contributed by atoms with van der Waals surface area (Å²) in [5.41, 5.74) is 0.502. The molecule has 0 saturated heterocycles. The molecule has 1 N–H and O–H groups in total. The Kier molecular flexibility index (Phi) is 4.39. The van der Waals surface area contributed by atoms with Crippen LogP contribution in [0.4, 0.5) is 5.13 Å². The number of hydrogen-bond donors (Lipinski definition) is 1. The summed E-state index contributed by atoms with van der Waals surface area (Å²) in [6.07, 6.45) is 2.40. The van der Waals surface area contributed by atoms with Gasteiger partial charge in [0.1, 0.15) is 5.01 Å². The Hall–Kier alpha value is -1.60. The van der Waals surface area contributed by atoms with E-state index in [0.29, 0.717) is 15.6 Å². The Bertz CT molecular complexity index is 608.